The van der Waals surface area contributed by atoms with Gasteiger partial charge in [-0.05, 0) is 54.0 Å². The predicted molar refractivity (Wildman–Crippen MR) is 123 cm³/mol. The molecule has 3 rings (SSSR count). The van der Waals surface area contributed by atoms with Gasteiger partial charge in [0.15, 0.2) is 11.6 Å². The Morgan fingerprint density at radius 1 is 0.971 bits per heavy atom. The van der Waals surface area contributed by atoms with E-state index in [2.05, 4.69) is 11.7 Å². The fourth-order valence-corrected chi connectivity index (χ4v) is 4.86. The molecule has 0 amide bonds. The van der Waals surface area contributed by atoms with Crippen molar-refractivity contribution in [1.82, 2.24) is 0 Å². The van der Waals surface area contributed by atoms with Crippen molar-refractivity contribution in [2.45, 2.75) is 83.9 Å². The number of benzene rings is 2. The van der Waals surface area contributed by atoms with Gasteiger partial charge in [0.25, 0.3) is 6.43 Å². The summed E-state index contributed by atoms with van der Waals surface area (Å²) in [6.45, 7) is 3.70. The first kappa shape index (κ1) is 26.5. The minimum Gasteiger partial charge on any atom is -0.429 e. The van der Waals surface area contributed by atoms with Crippen LogP contribution in [0.5, 0.6) is 5.75 Å². The highest BCUT2D eigenvalue weighted by Gasteiger charge is 2.35. The Morgan fingerprint density at radius 2 is 1.56 bits per heavy atom. The molecular weight excluding hydrogens is 451 g/mol. The Balaban J connectivity index is 1.71. The topological polar surface area (TPSA) is 29.5 Å². The number of halogens is 5. The lowest BCUT2D eigenvalue weighted by Gasteiger charge is -2.29. The van der Waals surface area contributed by atoms with Crippen molar-refractivity contribution < 1.29 is 31.8 Å². The van der Waals surface area contributed by atoms with Crippen LogP contribution in [0.15, 0.2) is 36.4 Å². The average molecular weight is 485 g/mol. The lowest BCUT2D eigenvalue weighted by molar-refractivity contribution is -0.185. The van der Waals surface area contributed by atoms with Gasteiger partial charge in [0, 0.05) is 0 Å². The molecule has 0 radical (unpaired) electrons. The number of alkyl halides is 4. The minimum atomic E-state index is -3.65. The second-order valence-electron chi connectivity index (χ2n) is 9.39. The van der Waals surface area contributed by atoms with Crippen molar-refractivity contribution in [2.75, 3.05) is 0 Å². The van der Waals surface area contributed by atoms with Crippen molar-refractivity contribution in [3.63, 3.8) is 0 Å². The quantitative estimate of drug-likeness (QED) is 0.341. The van der Waals surface area contributed by atoms with E-state index in [1.54, 1.807) is 19.1 Å². The maximum Gasteiger partial charge on any atom is 0.397 e. The number of hydrogen-bond donors (Lipinski definition) is 1. The van der Waals surface area contributed by atoms with Gasteiger partial charge in [-0.1, -0.05) is 69.7 Å². The fourth-order valence-electron chi connectivity index (χ4n) is 4.86. The van der Waals surface area contributed by atoms with Crippen LogP contribution in [0.3, 0.4) is 0 Å². The van der Waals surface area contributed by atoms with Crippen molar-refractivity contribution in [3.05, 3.63) is 53.3 Å². The van der Waals surface area contributed by atoms with Crippen molar-refractivity contribution >= 4 is 0 Å². The van der Waals surface area contributed by atoms with Crippen LogP contribution in [-0.2, 0) is 0 Å². The molecule has 0 aliphatic heterocycles. The van der Waals surface area contributed by atoms with Crippen molar-refractivity contribution in [1.29, 1.82) is 0 Å². The summed E-state index contributed by atoms with van der Waals surface area (Å²) >= 11 is 0. The zero-order valence-electron chi connectivity index (χ0n) is 19.7. The van der Waals surface area contributed by atoms with Gasteiger partial charge in [0.05, 0.1) is 18.1 Å². The van der Waals surface area contributed by atoms with Crippen LogP contribution < -0.4 is 4.74 Å². The standard InChI is InChI=1S/C27H33F5O2/c1-3-4-18-5-7-19(8-6-18)15-16-27(31,32)34-23-14-13-22(24(25(23)28)26(29)30)21-11-9-20(10-12-21)17(2)33/h9-14,17-19,26,33H,3-8,15-16H2,1-2H3. The summed E-state index contributed by atoms with van der Waals surface area (Å²) in [5, 5.41) is 9.61. The third kappa shape index (κ3) is 6.71. The molecule has 1 atom stereocenters. The number of ether oxygens (including phenoxy) is 1. The van der Waals surface area contributed by atoms with E-state index in [4.69, 9.17) is 0 Å². The number of hydrogen-bond acceptors (Lipinski definition) is 2. The molecule has 0 bridgehead atoms. The molecule has 0 aromatic heterocycles. The first-order chi connectivity index (χ1) is 16.1. The van der Waals surface area contributed by atoms with Crippen LogP contribution in [0.1, 0.15) is 88.9 Å². The van der Waals surface area contributed by atoms with Crippen molar-refractivity contribution in [2.24, 2.45) is 11.8 Å². The smallest absolute Gasteiger partial charge is 0.397 e. The monoisotopic (exact) mass is 484 g/mol. The molecule has 0 heterocycles. The Bertz CT molecular complexity index is 919. The molecular formula is C27H33F5O2. The van der Waals surface area contributed by atoms with E-state index in [0.29, 0.717) is 11.5 Å². The predicted octanol–water partition coefficient (Wildman–Crippen LogP) is 8.84. The second-order valence-corrected chi connectivity index (χ2v) is 9.39. The van der Waals surface area contributed by atoms with E-state index in [0.717, 1.165) is 38.2 Å². The summed E-state index contributed by atoms with van der Waals surface area (Å²) in [5.74, 6) is -1.51. The van der Waals surface area contributed by atoms with E-state index in [1.807, 2.05) is 0 Å². The summed E-state index contributed by atoms with van der Waals surface area (Å²) in [4.78, 5) is 0. The molecule has 2 aromatic carbocycles. The maximum absolute atomic E-state index is 14.9. The van der Waals surface area contributed by atoms with E-state index in [1.165, 1.54) is 24.6 Å². The van der Waals surface area contributed by atoms with Crippen LogP contribution in [0.4, 0.5) is 22.0 Å². The molecule has 0 spiro atoms. The molecule has 188 valence electrons. The largest absolute Gasteiger partial charge is 0.429 e. The van der Waals surface area contributed by atoms with Gasteiger partial charge in [-0.25, -0.2) is 13.2 Å². The van der Waals surface area contributed by atoms with Crippen LogP contribution >= 0.6 is 0 Å². The molecule has 0 saturated heterocycles. The van der Waals surface area contributed by atoms with Crippen LogP contribution in [0.2, 0.25) is 0 Å². The number of aliphatic hydroxyl groups is 1. The lowest BCUT2D eigenvalue weighted by atomic mass is 9.78. The summed E-state index contributed by atoms with van der Waals surface area (Å²) in [6, 6.07) is 8.19. The van der Waals surface area contributed by atoms with E-state index >= 15 is 0 Å². The summed E-state index contributed by atoms with van der Waals surface area (Å²) in [6.07, 6.45) is -1.79. The van der Waals surface area contributed by atoms with Gasteiger partial charge in [0.2, 0.25) is 0 Å². The highest BCUT2D eigenvalue weighted by molar-refractivity contribution is 5.69. The van der Waals surface area contributed by atoms with E-state index in [-0.39, 0.29) is 23.5 Å². The molecule has 34 heavy (non-hydrogen) atoms. The number of aliphatic hydroxyl groups excluding tert-OH is 1. The molecule has 1 aliphatic carbocycles. The van der Waals surface area contributed by atoms with Crippen LogP contribution in [-0.4, -0.2) is 11.2 Å². The number of rotatable bonds is 10. The maximum atomic E-state index is 14.9. The van der Waals surface area contributed by atoms with Gasteiger partial charge in [-0.3, -0.25) is 0 Å². The second kappa shape index (κ2) is 11.5. The van der Waals surface area contributed by atoms with Gasteiger partial charge in [-0.2, -0.15) is 8.78 Å². The fraction of sp³-hybridized carbons (Fsp3) is 0.556. The molecule has 2 aromatic rings. The Labute approximate surface area is 198 Å². The lowest BCUT2D eigenvalue weighted by Crippen LogP contribution is -2.27. The first-order valence-electron chi connectivity index (χ1n) is 12.1. The molecule has 1 N–H and O–H groups in total. The van der Waals surface area contributed by atoms with Gasteiger partial charge < -0.3 is 9.84 Å². The van der Waals surface area contributed by atoms with Crippen molar-refractivity contribution in [3.8, 4) is 16.9 Å². The Kier molecular flexibility index (Phi) is 8.96. The molecule has 1 unspecified atom stereocenters. The molecule has 1 aliphatic rings. The van der Waals surface area contributed by atoms with Crippen LogP contribution in [0.25, 0.3) is 11.1 Å². The zero-order chi connectivity index (χ0) is 24.9. The van der Waals surface area contributed by atoms with E-state index in [9.17, 15) is 27.1 Å². The van der Waals surface area contributed by atoms with E-state index < -0.39 is 42.2 Å². The van der Waals surface area contributed by atoms with Crippen LogP contribution in [0, 0.1) is 17.7 Å². The van der Waals surface area contributed by atoms with Gasteiger partial charge in [0.1, 0.15) is 0 Å². The molecule has 7 heteroatoms. The Hall–Kier alpha value is -2.15. The minimum absolute atomic E-state index is 0.107. The molecule has 2 nitrogen and oxygen atoms in total. The third-order valence-corrected chi connectivity index (χ3v) is 6.83. The SMILES string of the molecule is CCCC1CCC(CCC(F)(F)Oc2ccc(-c3ccc(C(C)O)cc3)c(C(F)F)c2F)CC1. The molecule has 1 fully saturated rings. The summed E-state index contributed by atoms with van der Waals surface area (Å²) in [5.41, 5.74) is -0.228. The Morgan fingerprint density at radius 3 is 2.09 bits per heavy atom. The van der Waals surface area contributed by atoms with Gasteiger partial charge in [-0.15, -0.1) is 0 Å². The zero-order valence-corrected chi connectivity index (χ0v) is 19.7. The summed E-state index contributed by atoms with van der Waals surface area (Å²) in [7, 11) is 0. The third-order valence-electron chi connectivity index (χ3n) is 6.83. The first-order valence-corrected chi connectivity index (χ1v) is 12.1. The highest BCUT2D eigenvalue weighted by Crippen LogP contribution is 2.40. The highest BCUT2D eigenvalue weighted by atomic mass is 19.3. The van der Waals surface area contributed by atoms with Gasteiger partial charge >= 0.3 is 6.11 Å². The normalized spacial score (nSPS) is 19.9. The molecule has 1 saturated carbocycles. The summed E-state index contributed by atoms with van der Waals surface area (Å²) < 4.78 is 76.1. The average Bonchev–Trinajstić information content (AvgIpc) is 2.80.